The number of nitrogens with zero attached hydrogens (tertiary/aromatic N) is 1. The van der Waals surface area contributed by atoms with Crippen molar-refractivity contribution in [2.75, 3.05) is 33.1 Å². The minimum Gasteiger partial charge on any atom is -0.496 e. The molecule has 1 atom stereocenters. The van der Waals surface area contributed by atoms with Crippen LogP contribution >= 0.6 is 0 Å². The fourth-order valence-electron chi connectivity index (χ4n) is 4.54. The molecule has 1 N–H and O–H groups in total. The van der Waals surface area contributed by atoms with Gasteiger partial charge in [0.25, 0.3) is 0 Å². The number of amides is 1. The van der Waals surface area contributed by atoms with Crippen LogP contribution in [-0.4, -0.2) is 44.3 Å². The van der Waals surface area contributed by atoms with Crippen molar-refractivity contribution in [3.63, 3.8) is 0 Å². The van der Waals surface area contributed by atoms with Crippen LogP contribution < -0.4 is 14.8 Å². The summed E-state index contributed by atoms with van der Waals surface area (Å²) in [7, 11) is 5.03. The van der Waals surface area contributed by atoms with Crippen molar-refractivity contribution in [2.45, 2.75) is 38.8 Å². The second-order valence-corrected chi connectivity index (χ2v) is 8.86. The number of benzene rings is 2. The first-order valence-electron chi connectivity index (χ1n) is 10.5. The van der Waals surface area contributed by atoms with E-state index in [9.17, 15) is 4.79 Å². The Morgan fingerprint density at radius 3 is 2.68 bits per heavy atom. The van der Waals surface area contributed by atoms with Crippen molar-refractivity contribution in [1.29, 1.82) is 0 Å². The molecule has 0 bridgehead atoms. The van der Waals surface area contributed by atoms with Gasteiger partial charge in [-0.25, -0.2) is 4.79 Å². The lowest BCUT2D eigenvalue weighted by Gasteiger charge is -2.37. The molecular formula is C25H30N2O4. The number of carbonyl (C=O) groups is 1. The molecule has 2 aromatic rings. The molecule has 0 radical (unpaired) electrons. The Balaban J connectivity index is 1.82. The molecule has 6 nitrogen and oxygen atoms in total. The quantitative estimate of drug-likeness (QED) is 0.706. The van der Waals surface area contributed by atoms with Crippen molar-refractivity contribution in [2.24, 2.45) is 0 Å². The van der Waals surface area contributed by atoms with Crippen molar-refractivity contribution in [1.82, 2.24) is 4.90 Å². The summed E-state index contributed by atoms with van der Waals surface area (Å²) in [6.07, 6.45) is 2.20. The number of rotatable bonds is 4. The summed E-state index contributed by atoms with van der Waals surface area (Å²) in [5.41, 5.74) is 6.46. The minimum absolute atomic E-state index is 0.132. The molecule has 2 heterocycles. The van der Waals surface area contributed by atoms with E-state index in [1.165, 1.54) is 10.5 Å². The van der Waals surface area contributed by atoms with E-state index in [4.69, 9.17) is 14.2 Å². The zero-order valence-corrected chi connectivity index (χ0v) is 19.0. The number of anilines is 1. The van der Waals surface area contributed by atoms with Crippen LogP contribution in [0.25, 0.3) is 16.7 Å². The molecule has 0 saturated heterocycles. The number of methoxy groups -OCH3 is 1. The van der Waals surface area contributed by atoms with Crippen LogP contribution in [0.3, 0.4) is 0 Å². The van der Waals surface area contributed by atoms with Crippen LogP contribution in [0.15, 0.2) is 36.4 Å². The van der Waals surface area contributed by atoms with Crippen molar-refractivity contribution in [3.8, 4) is 22.6 Å². The Hall–Kier alpha value is -3.15. The molecule has 0 spiro atoms. The van der Waals surface area contributed by atoms with Gasteiger partial charge in [0.15, 0.2) is 0 Å². The fraction of sp³-hybridized carbons (Fsp3) is 0.400. The van der Waals surface area contributed by atoms with Gasteiger partial charge in [-0.1, -0.05) is 18.2 Å². The van der Waals surface area contributed by atoms with E-state index in [1.54, 1.807) is 21.2 Å². The molecule has 6 heteroatoms. The lowest BCUT2D eigenvalue weighted by Crippen LogP contribution is -2.32. The molecule has 2 aliphatic heterocycles. The van der Waals surface area contributed by atoms with Gasteiger partial charge in [0, 0.05) is 37.3 Å². The first-order valence-corrected chi connectivity index (χ1v) is 10.5. The third-order valence-electron chi connectivity index (χ3n) is 5.71. The van der Waals surface area contributed by atoms with Gasteiger partial charge in [-0.05, 0) is 50.1 Å². The number of hydrogen-bond donors (Lipinski definition) is 1. The first kappa shape index (κ1) is 21.1. The maximum Gasteiger partial charge on any atom is 0.409 e. The van der Waals surface area contributed by atoms with E-state index in [0.29, 0.717) is 6.42 Å². The Morgan fingerprint density at radius 2 is 1.97 bits per heavy atom. The molecule has 2 aliphatic rings. The minimum atomic E-state index is -0.354. The molecule has 0 saturated carbocycles. The lowest BCUT2D eigenvalue weighted by atomic mass is 9.81. The van der Waals surface area contributed by atoms with Crippen LogP contribution in [0, 0.1) is 0 Å². The number of allylic oxidation sites excluding steroid dienone is 1. The number of nitrogens with one attached hydrogen (secondary N) is 1. The molecule has 164 valence electrons. The maximum absolute atomic E-state index is 11.9. The van der Waals surface area contributed by atoms with Crippen LogP contribution in [-0.2, 0) is 4.74 Å². The Kier molecular flexibility index (Phi) is 5.33. The average Bonchev–Trinajstić information content (AvgIpc) is 2.71. The van der Waals surface area contributed by atoms with Gasteiger partial charge in [0.1, 0.15) is 17.6 Å². The molecule has 1 unspecified atom stereocenters. The van der Waals surface area contributed by atoms with Gasteiger partial charge in [-0.3, -0.25) is 0 Å². The number of ether oxygens (including phenoxy) is 3. The number of fused-ring (bicyclic) bond motifs is 5. The third kappa shape index (κ3) is 3.82. The highest BCUT2D eigenvalue weighted by molar-refractivity contribution is 5.91. The van der Waals surface area contributed by atoms with E-state index >= 15 is 0 Å². The normalized spacial score (nSPS) is 17.7. The van der Waals surface area contributed by atoms with E-state index < -0.39 is 0 Å². The zero-order valence-electron chi connectivity index (χ0n) is 19.0. The maximum atomic E-state index is 11.9. The van der Waals surface area contributed by atoms with E-state index in [0.717, 1.165) is 39.4 Å². The highest BCUT2D eigenvalue weighted by Crippen LogP contribution is 2.52. The molecule has 0 fully saturated rings. The van der Waals surface area contributed by atoms with Gasteiger partial charge in [-0.2, -0.15) is 0 Å². The smallest absolute Gasteiger partial charge is 0.409 e. The predicted molar refractivity (Wildman–Crippen MR) is 123 cm³/mol. The molecule has 0 aromatic heterocycles. The Labute approximate surface area is 183 Å². The standard InChI is InChI=1S/C25H30N2O4/c1-15-14-25(2,3)26-17-11-10-16-22-18(29-6)8-7-9-19(22)31-20(23(16)21(15)17)12-13-30-24(28)27(4)5/h7-11,14,20,26H,12-13H2,1-6H3. The summed E-state index contributed by atoms with van der Waals surface area (Å²) >= 11 is 0. The van der Waals surface area contributed by atoms with Crippen LogP contribution in [0.2, 0.25) is 0 Å². The van der Waals surface area contributed by atoms with Crippen molar-refractivity contribution >= 4 is 17.4 Å². The summed E-state index contributed by atoms with van der Waals surface area (Å²) in [6.45, 7) is 6.73. The monoisotopic (exact) mass is 422 g/mol. The van der Waals surface area contributed by atoms with Gasteiger partial charge in [0.05, 0.1) is 24.8 Å². The highest BCUT2D eigenvalue weighted by atomic mass is 16.6. The average molecular weight is 423 g/mol. The molecular weight excluding hydrogens is 392 g/mol. The number of hydrogen-bond acceptors (Lipinski definition) is 5. The Bertz CT molecular complexity index is 1060. The largest absolute Gasteiger partial charge is 0.496 e. The predicted octanol–water partition coefficient (Wildman–Crippen LogP) is 5.49. The van der Waals surface area contributed by atoms with Crippen LogP contribution in [0.1, 0.15) is 44.4 Å². The zero-order chi connectivity index (χ0) is 22.3. The van der Waals surface area contributed by atoms with Crippen molar-refractivity contribution < 1.29 is 19.0 Å². The second kappa shape index (κ2) is 7.84. The SMILES string of the molecule is COc1cccc2c1-c1ccc3c(c1C(CCOC(=O)N(C)C)O2)C(C)=CC(C)(C)N3. The van der Waals surface area contributed by atoms with Gasteiger partial charge < -0.3 is 24.4 Å². The van der Waals surface area contributed by atoms with Crippen LogP contribution in [0.4, 0.5) is 10.5 Å². The summed E-state index contributed by atoms with van der Waals surface area (Å²) in [5, 5.41) is 3.62. The molecule has 4 rings (SSSR count). The van der Waals surface area contributed by atoms with E-state index in [-0.39, 0.29) is 24.3 Å². The summed E-state index contributed by atoms with van der Waals surface area (Å²) in [5.74, 6) is 1.56. The second-order valence-electron chi connectivity index (χ2n) is 8.86. The molecule has 2 aromatic carbocycles. The Morgan fingerprint density at radius 1 is 1.19 bits per heavy atom. The van der Waals surface area contributed by atoms with Gasteiger partial charge >= 0.3 is 6.09 Å². The summed E-state index contributed by atoms with van der Waals surface area (Å²) in [4.78, 5) is 13.3. The van der Waals surface area contributed by atoms with Crippen molar-refractivity contribution in [3.05, 3.63) is 47.5 Å². The fourth-order valence-corrected chi connectivity index (χ4v) is 4.54. The third-order valence-corrected chi connectivity index (χ3v) is 5.71. The lowest BCUT2D eigenvalue weighted by molar-refractivity contribution is 0.0958. The van der Waals surface area contributed by atoms with Gasteiger partial charge in [-0.15, -0.1) is 0 Å². The molecule has 0 aliphatic carbocycles. The van der Waals surface area contributed by atoms with Gasteiger partial charge in [0.2, 0.25) is 0 Å². The van der Waals surface area contributed by atoms with E-state index in [2.05, 4.69) is 44.3 Å². The molecule has 1 amide bonds. The molecule has 31 heavy (non-hydrogen) atoms. The first-order chi connectivity index (χ1) is 14.7. The highest BCUT2D eigenvalue weighted by Gasteiger charge is 2.34. The topological polar surface area (TPSA) is 60.0 Å². The van der Waals surface area contributed by atoms with E-state index in [1.807, 2.05) is 18.2 Å². The van der Waals surface area contributed by atoms with Crippen LogP contribution in [0.5, 0.6) is 11.5 Å². The summed E-state index contributed by atoms with van der Waals surface area (Å²) in [6, 6.07) is 10.1. The number of carbonyl (C=O) groups excluding carboxylic acids is 1. The summed E-state index contributed by atoms with van der Waals surface area (Å²) < 4.78 is 17.5.